The molecule has 0 aliphatic heterocycles. The third kappa shape index (κ3) is 2.46. The summed E-state index contributed by atoms with van der Waals surface area (Å²) in [6.45, 7) is 0.484. The van der Waals surface area contributed by atoms with Gasteiger partial charge < -0.3 is 19.9 Å². The average molecular weight is 223 g/mol. The molecule has 0 atom stereocenters. The summed E-state index contributed by atoms with van der Waals surface area (Å²) in [5, 5.41) is 0. The van der Waals surface area contributed by atoms with Crippen LogP contribution in [0.5, 0.6) is 17.2 Å². The summed E-state index contributed by atoms with van der Waals surface area (Å²) in [6, 6.07) is 3.73. The van der Waals surface area contributed by atoms with Crippen LogP contribution in [0.25, 0.3) is 6.08 Å². The first-order valence-corrected chi connectivity index (χ1v) is 4.94. The predicted molar refractivity (Wildman–Crippen MR) is 64.2 cm³/mol. The van der Waals surface area contributed by atoms with Crippen LogP contribution in [0.3, 0.4) is 0 Å². The van der Waals surface area contributed by atoms with Crippen LogP contribution in [-0.2, 0) is 0 Å². The molecule has 0 saturated heterocycles. The number of hydrogen-bond acceptors (Lipinski definition) is 4. The van der Waals surface area contributed by atoms with Gasteiger partial charge in [0.1, 0.15) is 0 Å². The maximum absolute atomic E-state index is 5.41. The monoisotopic (exact) mass is 223 g/mol. The minimum atomic E-state index is 0.484. The van der Waals surface area contributed by atoms with Crippen LogP contribution >= 0.6 is 0 Å². The molecule has 4 nitrogen and oxygen atoms in total. The van der Waals surface area contributed by atoms with E-state index in [1.54, 1.807) is 21.3 Å². The number of rotatable bonds is 5. The number of ether oxygens (including phenoxy) is 3. The van der Waals surface area contributed by atoms with Gasteiger partial charge in [0.15, 0.2) is 11.5 Å². The molecule has 1 aromatic rings. The minimum absolute atomic E-state index is 0.484. The van der Waals surface area contributed by atoms with Gasteiger partial charge >= 0.3 is 0 Å². The normalized spacial score (nSPS) is 10.5. The Hall–Kier alpha value is -1.68. The lowest BCUT2D eigenvalue weighted by atomic mass is 10.1. The molecular weight excluding hydrogens is 206 g/mol. The summed E-state index contributed by atoms with van der Waals surface area (Å²) in [7, 11) is 4.76. The maximum atomic E-state index is 5.41. The van der Waals surface area contributed by atoms with E-state index in [2.05, 4.69) is 0 Å². The molecule has 88 valence electrons. The Balaban J connectivity index is 3.25. The molecule has 4 heteroatoms. The zero-order valence-electron chi connectivity index (χ0n) is 9.82. The molecule has 0 radical (unpaired) electrons. The van der Waals surface area contributed by atoms with Gasteiger partial charge in [0.2, 0.25) is 5.75 Å². The molecule has 0 aromatic heterocycles. The fourth-order valence-electron chi connectivity index (χ4n) is 1.45. The van der Waals surface area contributed by atoms with Gasteiger partial charge in [0, 0.05) is 12.1 Å². The van der Waals surface area contributed by atoms with Crippen LogP contribution < -0.4 is 19.9 Å². The average Bonchev–Trinajstić information content (AvgIpc) is 2.34. The van der Waals surface area contributed by atoms with Crippen LogP contribution in [0.4, 0.5) is 0 Å². The molecule has 1 rings (SSSR count). The van der Waals surface area contributed by atoms with E-state index in [9.17, 15) is 0 Å². The lowest BCUT2D eigenvalue weighted by Gasteiger charge is -2.13. The summed E-state index contributed by atoms with van der Waals surface area (Å²) in [5.74, 6) is 1.87. The molecule has 1 aromatic carbocycles. The molecular formula is C12H17NO3. The van der Waals surface area contributed by atoms with Gasteiger partial charge in [-0.05, 0) is 12.1 Å². The Bertz CT molecular complexity index is 375. The number of nitrogens with two attached hydrogens (primary N) is 1. The summed E-state index contributed by atoms with van der Waals surface area (Å²) >= 11 is 0. The van der Waals surface area contributed by atoms with Crippen LogP contribution in [0.2, 0.25) is 0 Å². The van der Waals surface area contributed by atoms with E-state index in [0.717, 1.165) is 5.56 Å². The van der Waals surface area contributed by atoms with E-state index in [-0.39, 0.29) is 0 Å². The second kappa shape index (κ2) is 6.02. The first-order chi connectivity index (χ1) is 7.78. The third-order valence-electron chi connectivity index (χ3n) is 2.17. The topological polar surface area (TPSA) is 53.7 Å². The highest BCUT2D eigenvalue weighted by molar-refractivity contribution is 5.66. The van der Waals surface area contributed by atoms with Gasteiger partial charge in [-0.15, -0.1) is 0 Å². The van der Waals surface area contributed by atoms with Crippen molar-refractivity contribution in [3.8, 4) is 17.2 Å². The lowest BCUT2D eigenvalue weighted by molar-refractivity contribution is 0.324. The van der Waals surface area contributed by atoms with Crippen LogP contribution in [-0.4, -0.2) is 27.9 Å². The number of methoxy groups -OCH3 is 3. The van der Waals surface area contributed by atoms with Crippen molar-refractivity contribution in [1.29, 1.82) is 0 Å². The maximum Gasteiger partial charge on any atom is 0.203 e. The van der Waals surface area contributed by atoms with Crippen molar-refractivity contribution in [1.82, 2.24) is 0 Å². The third-order valence-corrected chi connectivity index (χ3v) is 2.17. The van der Waals surface area contributed by atoms with E-state index < -0.39 is 0 Å². The van der Waals surface area contributed by atoms with Crippen molar-refractivity contribution in [2.45, 2.75) is 0 Å². The fraction of sp³-hybridized carbons (Fsp3) is 0.333. The summed E-state index contributed by atoms with van der Waals surface area (Å²) in [4.78, 5) is 0. The molecule has 0 aliphatic rings. The van der Waals surface area contributed by atoms with Crippen LogP contribution in [0.15, 0.2) is 18.2 Å². The molecule has 0 unspecified atom stereocenters. The largest absolute Gasteiger partial charge is 0.493 e. The SMILES string of the molecule is COc1ccc(C=CCN)c(OC)c1OC. The van der Waals surface area contributed by atoms with Crippen molar-refractivity contribution in [2.75, 3.05) is 27.9 Å². The summed E-state index contributed by atoms with van der Waals surface area (Å²) < 4.78 is 15.8. The zero-order chi connectivity index (χ0) is 12.0. The van der Waals surface area contributed by atoms with E-state index >= 15 is 0 Å². The molecule has 2 N–H and O–H groups in total. The Morgan fingerprint density at radius 2 is 1.75 bits per heavy atom. The highest BCUT2D eigenvalue weighted by Crippen LogP contribution is 2.40. The fourth-order valence-corrected chi connectivity index (χ4v) is 1.45. The lowest BCUT2D eigenvalue weighted by Crippen LogP contribution is -1.97. The Kier molecular flexibility index (Phi) is 4.66. The second-order valence-corrected chi connectivity index (χ2v) is 3.06. The molecule has 0 saturated carbocycles. The molecule has 0 bridgehead atoms. The highest BCUT2D eigenvalue weighted by Gasteiger charge is 2.13. The Morgan fingerprint density at radius 3 is 2.25 bits per heavy atom. The summed E-state index contributed by atoms with van der Waals surface area (Å²) in [6.07, 6.45) is 3.74. The number of benzene rings is 1. The van der Waals surface area contributed by atoms with Crippen molar-refractivity contribution in [3.05, 3.63) is 23.8 Å². The van der Waals surface area contributed by atoms with Gasteiger partial charge in [-0.25, -0.2) is 0 Å². The van der Waals surface area contributed by atoms with Crippen LogP contribution in [0.1, 0.15) is 5.56 Å². The van der Waals surface area contributed by atoms with Crippen molar-refractivity contribution < 1.29 is 14.2 Å². The van der Waals surface area contributed by atoms with Gasteiger partial charge in [0.05, 0.1) is 21.3 Å². The van der Waals surface area contributed by atoms with E-state index in [4.69, 9.17) is 19.9 Å². The first-order valence-electron chi connectivity index (χ1n) is 4.94. The van der Waals surface area contributed by atoms with Gasteiger partial charge in [-0.2, -0.15) is 0 Å². The van der Waals surface area contributed by atoms with Crippen LogP contribution in [0, 0.1) is 0 Å². The standard InChI is InChI=1S/C12H17NO3/c1-14-10-7-6-9(5-4-8-13)11(15-2)12(10)16-3/h4-7H,8,13H2,1-3H3. The van der Waals surface area contributed by atoms with E-state index in [1.165, 1.54) is 0 Å². The molecule has 0 fully saturated rings. The minimum Gasteiger partial charge on any atom is -0.493 e. The molecule has 0 amide bonds. The van der Waals surface area contributed by atoms with E-state index in [0.29, 0.717) is 23.8 Å². The van der Waals surface area contributed by atoms with Crippen molar-refractivity contribution in [2.24, 2.45) is 5.73 Å². The van der Waals surface area contributed by atoms with Gasteiger partial charge in [-0.1, -0.05) is 12.2 Å². The van der Waals surface area contributed by atoms with Gasteiger partial charge in [-0.3, -0.25) is 0 Å². The quantitative estimate of drug-likeness (QED) is 0.825. The van der Waals surface area contributed by atoms with Crippen molar-refractivity contribution >= 4 is 6.08 Å². The van der Waals surface area contributed by atoms with Crippen molar-refractivity contribution in [3.63, 3.8) is 0 Å². The molecule has 0 spiro atoms. The number of hydrogen-bond donors (Lipinski definition) is 1. The Labute approximate surface area is 95.6 Å². The molecule has 16 heavy (non-hydrogen) atoms. The highest BCUT2D eigenvalue weighted by atomic mass is 16.5. The predicted octanol–water partition coefficient (Wildman–Crippen LogP) is 1.68. The smallest absolute Gasteiger partial charge is 0.203 e. The Morgan fingerprint density at radius 1 is 1.06 bits per heavy atom. The summed E-state index contributed by atoms with van der Waals surface area (Å²) in [5.41, 5.74) is 6.32. The molecule has 0 heterocycles. The first kappa shape index (κ1) is 12.4. The van der Waals surface area contributed by atoms with Gasteiger partial charge in [0.25, 0.3) is 0 Å². The van der Waals surface area contributed by atoms with E-state index in [1.807, 2.05) is 24.3 Å². The second-order valence-electron chi connectivity index (χ2n) is 3.06. The zero-order valence-corrected chi connectivity index (χ0v) is 9.82. The molecule has 0 aliphatic carbocycles.